The minimum atomic E-state index is -0.960. The number of imidazole rings is 1. The maximum absolute atomic E-state index is 11.1. The molecule has 0 unspecified atom stereocenters. The number of nitrogens with one attached hydrogen (secondary N) is 1. The monoisotopic (exact) mass is 370 g/mol. The normalized spacial score (nSPS) is 10.9. The van der Waals surface area contributed by atoms with Gasteiger partial charge in [-0.3, -0.25) is 0 Å². The number of aromatic carboxylic acids is 1. The molecule has 0 aliphatic carbocycles. The minimum Gasteiger partial charge on any atom is -0.478 e. The Balaban J connectivity index is 2.22. The van der Waals surface area contributed by atoms with E-state index in [1.54, 1.807) is 23.5 Å². The zero-order valence-corrected chi connectivity index (χ0v) is 11.9. The van der Waals surface area contributed by atoms with Crippen LogP contribution < -0.4 is 0 Å². The van der Waals surface area contributed by atoms with Crippen LogP contribution in [-0.4, -0.2) is 21.0 Å². The smallest absolute Gasteiger partial charge is 0.337 e. The number of thiophene rings is 1. The van der Waals surface area contributed by atoms with Gasteiger partial charge < -0.3 is 10.1 Å². The first kappa shape index (κ1) is 11.7. The van der Waals surface area contributed by atoms with Crippen LogP contribution in [0.1, 0.15) is 10.4 Å². The maximum atomic E-state index is 11.1. The van der Waals surface area contributed by atoms with Crippen LogP contribution in [0.25, 0.3) is 22.4 Å². The summed E-state index contributed by atoms with van der Waals surface area (Å²) in [5.74, 6) is -0.253. The van der Waals surface area contributed by atoms with Crippen LogP contribution in [0.5, 0.6) is 0 Å². The summed E-state index contributed by atoms with van der Waals surface area (Å²) in [4.78, 5) is 18.6. The van der Waals surface area contributed by atoms with Crippen molar-refractivity contribution in [3.63, 3.8) is 0 Å². The summed E-state index contributed by atoms with van der Waals surface area (Å²) in [7, 11) is 0. The maximum Gasteiger partial charge on any atom is 0.337 e. The number of para-hydroxylation sites is 1. The summed E-state index contributed by atoms with van der Waals surface area (Å²) in [6.07, 6.45) is 0. The zero-order chi connectivity index (χ0) is 12.7. The molecule has 2 heterocycles. The molecule has 0 radical (unpaired) electrons. The van der Waals surface area contributed by atoms with Crippen molar-refractivity contribution in [1.82, 2.24) is 9.97 Å². The van der Waals surface area contributed by atoms with E-state index < -0.39 is 5.97 Å². The van der Waals surface area contributed by atoms with E-state index in [2.05, 4.69) is 32.6 Å². The number of H-pyrrole nitrogens is 1. The van der Waals surface area contributed by atoms with Crippen molar-refractivity contribution in [2.45, 2.75) is 0 Å². The first-order valence-corrected chi connectivity index (χ1v) is 7.07. The Morgan fingerprint density at radius 2 is 2.28 bits per heavy atom. The number of hydrogen-bond acceptors (Lipinski definition) is 3. The lowest BCUT2D eigenvalue weighted by atomic mass is 10.2. The topological polar surface area (TPSA) is 66.0 Å². The van der Waals surface area contributed by atoms with Crippen molar-refractivity contribution < 1.29 is 9.90 Å². The summed E-state index contributed by atoms with van der Waals surface area (Å²) in [5.41, 5.74) is 2.45. The molecule has 2 aromatic heterocycles. The van der Waals surface area contributed by atoms with Gasteiger partial charge in [-0.15, -0.1) is 11.3 Å². The molecule has 0 saturated heterocycles. The lowest BCUT2D eigenvalue weighted by molar-refractivity contribution is 0.0699. The summed E-state index contributed by atoms with van der Waals surface area (Å²) >= 11 is 3.88. The van der Waals surface area contributed by atoms with E-state index in [0.29, 0.717) is 11.3 Å². The SMILES string of the molecule is O=C(O)c1cccc2[nH]c(-c3csc(I)c3)nc12. The van der Waals surface area contributed by atoms with Crippen molar-refractivity contribution in [2.24, 2.45) is 0 Å². The highest BCUT2D eigenvalue weighted by Gasteiger charge is 2.13. The molecule has 3 aromatic rings. The molecule has 3 rings (SSSR count). The Labute approximate surface area is 120 Å². The minimum absolute atomic E-state index is 0.222. The summed E-state index contributed by atoms with van der Waals surface area (Å²) < 4.78 is 1.17. The number of hydrogen-bond donors (Lipinski definition) is 2. The zero-order valence-electron chi connectivity index (χ0n) is 8.98. The van der Waals surface area contributed by atoms with Crippen molar-refractivity contribution >= 4 is 50.9 Å². The molecule has 18 heavy (non-hydrogen) atoms. The number of halogens is 1. The highest BCUT2D eigenvalue weighted by Crippen LogP contribution is 2.27. The fourth-order valence-corrected chi connectivity index (χ4v) is 3.11. The van der Waals surface area contributed by atoms with E-state index in [1.807, 2.05) is 17.5 Å². The fourth-order valence-electron chi connectivity index (χ4n) is 1.78. The van der Waals surface area contributed by atoms with Gasteiger partial charge in [0.2, 0.25) is 0 Å². The second kappa shape index (κ2) is 4.36. The Bertz CT molecular complexity index is 747. The van der Waals surface area contributed by atoms with Gasteiger partial charge in [0.25, 0.3) is 0 Å². The Hall–Kier alpha value is -1.41. The fraction of sp³-hybridized carbons (Fsp3) is 0. The number of carboxylic acids is 1. The highest BCUT2D eigenvalue weighted by atomic mass is 127. The van der Waals surface area contributed by atoms with Crippen LogP contribution in [0.15, 0.2) is 29.6 Å². The number of aromatic amines is 1. The van der Waals surface area contributed by atoms with Crippen LogP contribution >= 0.6 is 33.9 Å². The molecule has 0 fully saturated rings. The Kier molecular flexibility index (Phi) is 2.83. The van der Waals surface area contributed by atoms with E-state index in [1.165, 1.54) is 2.88 Å². The third-order valence-corrected chi connectivity index (χ3v) is 4.37. The first-order chi connectivity index (χ1) is 8.65. The van der Waals surface area contributed by atoms with E-state index >= 15 is 0 Å². The molecule has 0 amide bonds. The van der Waals surface area contributed by atoms with Gasteiger partial charge in [-0.25, -0.2) is 9.78 Å². The van der Waals surface area contributed by atoms with Crippen LogP contribution in [0.3, 0.4) is 0 Å². The predicted molar refractivity (Wildman–Crippen MR) is 79.1 cm³/mol. The van der Waals surface area contributed by atoms with Gasteiger partial charge in [-0.2, -0.15) is 0 Å². The van der Waals surface area contributed by atoms with Crippen molar-refractivity contribution in [3.8, 4) is 11.4 Å². The van der Waals surface area contributed by atoms with E-state index in [0.717, 1.165) is 11.1 Å². The van der Waals surface area contributed by atoms with Gasteiger partial charge in [0.1, 0.15) is 11.3 Å². The van der Waals surface area contributed by atoms with Gasteiger partial charge in [0.05, 0.1) is 14.0 Å². The van der Waals surface area contributed by atoms with Crippen LogP contribution in [0, 0.1) is 2.88 Å². The van der Waals surface area contributed by atoms with Crippen LogP contribution in [-0.2, 0) is 0 Å². The van der Waals surface area contributed by atoms with Gasteiger partial charge in [0.15, 0.2) is 0 Å². The third-order valence-electron chi connectivity index (χ3n) is 2.58. The highest BCUT2D eigenvalue weighted by molar-refractivity contribution is 14.1. The lowest BCUT2D eigenvalue weighted by Crippen LogP contribution is -1.96. The molecular weight excluding hydrogens is 363 g/mol. The summed E-state index contributed by atoms with van der Waals surface area (Å²) in [6.45, 7) is 0. The lowest BCUT2D eigenvalue weighted by Gasteiger charge is -1.93. The van der Waals surface area contributed by atoms with Crippen molar-refractivity contribution in [1.29, 1.82) is 0 Å². The molecule has 0 aliphatic heterocycles. The molecule has 0 atom stereocenters. The number of rotatable bonds is 2. The molecular formula is C12H7IN2O2S. The average Bonchev–Trinajstić information content (AvgIpc) is 2.93. The number of carboxylic acid groups (broad SMARTS) is 1. The van der Waals surface area contributed by atoms with Crippen molar-refractivity contribution in [2.75, 3.05) is 0 Å². The number of aromatic nitrogens is 2. The molecule has 0 bridgehead atoms. The Morgan fingerprint density at radius 3 is 2.94 bits per heavy atom. The number of benzene rings is 1. The van der Waals surface area contributed by atoms with Crippen LogP contribution in [0.2, 0.25) is 0 Å². The summed E-state index contributed by atoms with van der Waals surface area (Å²) in [6, 6.07) is 7.12. The molecule has 0 saturated carbocycles. The molecule has 6 heteroatoms. The van der Waals surface area contributed by atoms with E-state index in [-0.39, 0.29) is 5.56 Å². The van der Waals surface area contributed by atoms with Gasteiger partial charge in [-0.05, 0) is 40.8 Å². The number of carbonyl (C=O) groups is 1. The second-order valence-electron chi connectivity index (χ2n) is 3.73. The molecule has 0 aliphatic rings. The number of fused-ring (bicyclic) bond motifs is 1. The van der Waals surface area contributed by atoms with Crippen molar-refractivity contribution in [3.05, 3.63) is 38.1 Å². The molecule has 2 N–H and O–H groups in total. The molecule has 1 aromatic carbocycles. The third kappa shape index (κ3) is 1.91. The average molecular weight is 370 g/mol. The van der Waals surface area contributed by atoms with Gasteiger partial charge >= 0.3 is 5.97 Å². The van der Waals surface area contributed by atoms with Gasteiger partial charge in [0, 0.05) is 10.9 Å². The van der Waals surface area contributed by atoms with E-state index in [9.17, 15) is 4.79 Å². The van der Waals surface area contributed by atoms with Crippen LogP contribution in [0.4, 0.5) is 0 Å². The quantitative estimate of drug-likeness (QED) is 0.678. The Morgan fingerprint density at radius 1 is 1.44 bits per heavy atom. The van der Waals surface area contributed by atoms with E-state index in [4.69, 9.17) is 5.11 Å². The first-order valence-electron chi connectivity index (χ1n) is 5.11. The molecule has 4 nitrogen and oxygen atoms in total. The molecule has 0 spiro atoms. The second-order valence-corrected chi connectivity index (χ2v) is 6.54. The predicted octanol–water partition coefficient (Wildman–Crippen LogP) is 3.59. The standard InChI is InChI=1S/C12H7IN2O2S/c13-9-4-6(5-18-9)11-14-8-3-1-2-7(12(16)17)10(8)15-11/h1-5H,(H,14,15)(H,16,17). The number of nitrogens with zero attached hydrogens (tertiary/aromatic N) is 1. The molecule has 90 valence electrons. The summed E-state index contributed by atoms with van der Waals surface area (Å²) in [5, 5.41) is 11.1. The van der Waals surface area contributed by atoms with Gasteiger partial charge in [-0.1, -0.05) is 6.07 Å². The largest absolute Gasteiger partial charge is 0.478 e.